The van der Waals surface area contributed by atoms with Crippen LogP contribution in [0.1, 0.15) is 44.2 Å². The lowest BCUT2D eigenvalue weighted by Crippen LogP contribution is -2.52. The highest BCUT2D eigenvalue weighted by Crippen LogP contribution is 2.30. The van der Waals surface area contributed by atoms with E-state index in [9.17, 15) is 22.4 Å². The molecule has 0 fully saturated rings. The highest BCUT2D eigenvalue weighted by atomic mass is 35.5. The van der Waals surface area contributed by atoms with Gasteiger partial charge in [-0.25, -0.2) is 12.8 Å². The van der Waals surface area contributed by atoms with Gasteiger partial charge in [0.25, 0.3) is 10.0 Å². The minimum Gasteiger partial charge on any atom is -0.354 e. The van der Waals surface area contributed by atoms with Crippen LogP contribution in [0.3, 0.4) is 0 Å². The predicted octanol–water partition coefficient (Wildman–Crippen LogP) is 6.36. The van der Waals surface area contributed by atoms with Crippen molar-refractivity contribution in [3.05, 3.63) is 93.7 Å². The van der Waals surface area contributed by atoms with Crippen molar-refractivity contribution in [2.45, 2.75) is 57.5 Å². The second-order valence-corrected chi connectivity index (χ2v) is 12.4. The molecule has 2 amide bonds. The first kappa shape index (κ1) is 32.4. The van der Waals surface area contributed by atoms with Gasteiger partial charge < -0.3 is 10.2 Å². The van der Waals surface area contributed by atoms with Gasteiger partial charge in [0.1, 0.15) is 18.4 Å². The number of hydrogen-bond donors (Lipinski definition) is 1. The first-order valence-electron chi connectivity index (χ1n) is 13.3. The summed E-state index contributed by atoms with van der Waals surface area (Å²) in [6, 6.07) is 15.2. The van der Waals surface area contributed by atoms with Gasteiger partial charge in [-0.3, -0.25) is 13.9 Å². The number of rotatable bonds is 13. The lowest BCUT2D eigenvalue weighted by molar-refractivity contribution is -0.140. The summed E-state index contributed by atoms with van der Waals surface area (Å²) in [5.41, 5.74) is 1.54. The molecule has 11 heteroatoms. The maximum Gasteiger partial charge on any atom is 0.264 e. The molecule has 0 spiro atoms. The molecule has 41 heavy (non-hydrogen) atoms. The second-order valence-electron chi connectivity index (χ2n) is 9.67. The molecule has 0 aromatic heterocycles. The fourth-order valence-electron chi connectivity index (χ4n) is 4.26. The van der Waals surface area contributed by atoms with E-state index in [1.54, 1.807) is 19.1 Å². The molecule has 0 heterocycles. The second kappa shape index (κ2) is 14.7. The number of benzene rings is 3. The van der Waals surface area contributed by atoms with Crippen LogP contribution < -0.4 is 9.62 Å². The van der Waals surface area contributed by atoms with Crippen LogP contribution in [0.5, 0.6) is 0 Å². The summed E-state index contributed by atoms with van der Waals surface area (Å²) in [6.07, 6.45) is 1.92. The SMILES string of the molecule is CCCCNC(=O)[C@@H](CC)N(Cc1ccc(F)cc1)C(=O)CN(c1cc(Cl)cc(Cl)c1)S(=O)(=O)c1ccc(C)cc1. The first-order valence-corrected chi connectivity index (χ1v) is 15.5. The molecule has 3 aromatic carbocycles. The summed E-state index contributed by atoms with van der Waals surface area (Å²) < 4.78 is 42.4. The summed E-state index contributed by atoms with van der Waals surface area (Å²) in [5.74, 6) is -1.42. The number of aryl methyl sites for hydroxylation is 1. The molecule has 0 saturated heterocycles. The van der Waals surface area contributed by atoms with E-state index in [0.717, 1.165) is 22.7 Å². The number of nitrogens with one attached hydrogen (secondary N) is 1. The maximum absolute atomic E-state index is 14.0. The van der Waals surface area contributed by atoms with Gasteiger partial charge in [-0.1, -0.05) is 73.3 Å². The molecule has 220 valence electrons. The number of hydrogen-bond acceptors (Lipinski definition) is 4. The molecule has 1 atom stereocenters. The number of carbonyl (C=O) groups excluding carboxylic acids is 2. The zero-order chi connectivity index (χ0) is 30.2. The van der Waals surface area contributed by atoms with E-state index < -0.39 is 34.3 Å². The van der Waals surface area contributed by atoms with Crippen LogP contribution >= 0.6 is 23.2 Å². The standard InChI is InChI=1S/C30H34Cl2FN3O4S/c1-4-6-15-34-30(38)28(5-2)35(19-22-9-11-25(33)12-10-22)29(37)20-36(26-17-23(31)16-24(32)18-26)41(39,40)27-13-7-21(3)8-14-27/h7-14,16-18,28H,4-6,15,19-20H2,1-3H3,(H,34,38)/t28-/m1/s1. The van der Waals surface area contributed by atoms with E-state index in [2.05, 4.69) is 5.32 Å². The van der Waals surface area contributed by atoms with E-state index in [1.807, 2.05) is 13.8 Å². The van der Waals surface area contributed by atoms with Crippen LogP contribution in [0.15, 0.2) is 71.6 Å². The average Bonchev–Trinajstić information content (AvgIpc) is 2.92. The Hall–Kier alpha value is -3.14. The molecule has 7 nitrogen and oxygen atoms in total. The molecule has 0 unspecified atom stereocenters. The summed E-state index contributed by atoms with van der Waals surface area (Å²) >= 11 is 12.4. The van der Waals surface area contributed by atoms with Gasteiger partial charge >= 0.3 is 0 Å². The van der Waals surface area contributed by atoms with Gasteiger partial charge in [0, 0.05) is 23.1 Å². The highest BCUT2D eigenvalue weighted by Gasteiger charge is 2.34. The number of halogens is 3. The largest absolute Gasteiger partial charge is 0.354 e. The van der Waals surface area contributed by atoms with Crippen LogP contribution in [-0.2, 0) is 26.2 Å². The number of sulfonamides is 1. The third-order valence-electron chi connectivity index (χ3n) is 6.50. The first-order chi connectivity index (χ1) is 19.5. The summed E-state index contributed by atoms with van der Waals surface area (Å²) in [7, 11) is -4.26. The van der Waals surface area contributed by atoms with Gasteiger partial charge in [-0.15, -0.1) is 0 Å². The zero-order valence-electron chi connectivity index (χ0n) is 23.2. The van der Waals surface area contributed by atoms with Crippen LogP contribution in [0.25, 0.3) is 0 Å². The van der Waals surface area contributed by atoms with Gasteiger partial charge in [0.15, 0.2) is 0 Å². The zero-order valence-corrected chi connectivity index (χ0v) is 25.6. The van der Waals surface area contributed by atoms with Crippen molar-refractivity contribution < 1.29 is 22.4 Å². The Kier molecular flexibility index (Phi) is 11.6. The summed E-state index contributed by atoms with van der Waals surface area (Å²) in [4.78, 5) is 28.5. The topological polar surface area (TPSA) is 86.8 Å². The van der Waals surface area contributed by atoms with Gasteiger partial charge in [-0.2, -0.15) is 0 Å². The molecule has 3 rings (SSSR count). The van der Waals surface area contributed by atoms with Gasteiger partial charge in [-0.05, 0) is 67.8 Å². The van der Waals surface area contributed by atoms with Crippen molar-refractivity contribution in [2.75, 3.05) is 17.4 Å². The van der Waals surface area contributed by atoms with Crippen LogP contribution in [0, 0.1) is 12.7 Å². The molecule has 3 aromatic rings. The van der Waals surface area contributed by atoms with Gasteiger partial charge in [0.2, 0.25) is 11.8 Å². The molecule has 1 N–H and O–H groups in total. The minimum absolute atomic E-state index is 0.0265. The lowest BCUT2D eigenvalue weighted by Gasteiger charge is -2.33. The van der Waals surface area contributed by atoms with Crippen molar-refractivity contribution >= 4 is 50.7 Å². The Morgan fingerprint density at radius 3 is 2.12 bits per heavy atom. The Labute approximate surface area is 251 Å². The fraction of sp³-hybridized carbons (Fsp3) is 0.333. The van der Waals surface area contributed by atoms with E-state index in [-0.39, 0.29) is 39.5 Å². The van der Waals surface area contributed by atoms with Gasteiger partial charge in [0.05, 0.1) is 10.6 Å². The molecule has 0 aliphatic rings. The average molecular weight is 623 g/mol. The Bertz CT molecular complexity index is 1430. The Morgan fingerprint density at radius 2 is 1.56 bits per heavy atom. The van der Waals surface area contributed by atoms with E-state index in [0.29, 0.717) is 12.1 Å². The maximum atomic E-state index is 14.0. The van der Waals surface area contributed by atoms with Crippen molar-refractivity contribution in [1.82, 2.24) is 10.2 Å². The molecule has 0 aliphatic heterocycles. The monoisotopic (exact) mass is 621 g/mol. The smallest absolute Gasteiger partial charge is 0.264 e. The van der Waals surface area contributed by atoms with Crippen LogP contribution in [0.4, 0.5) is 10.1 Å². The number of nitrogens with zero attached hydrogens (tertiary/aromatic N) is 2. The highest BCUT2D eigenvalue weighted by molar-refractivity contribution is 7.92. The quantitative estimate of drug-likeness (QED) is 0.225. The van der Waals surface area contributed by atoms with E-state index in [1.165, 1.54) is 59.5 Å². The number of anilines is 1. The number of carbonyl (C=O) groups is 2. The van der Waals surface area contributed by atoms with E-state index >= 15 is 0 Å². The fourth-order valence-corrected chi connectivity index (χ4v) is 6.17. The predicted molar refractivity (Wildman–Crippen MR) is 161 cm³/mol. The number of amides is 2. The van der Waals surface area contributed by atoms with Crippen LogP contribution in [0.2, 0.25) is 10.0 Å². The molecule has 0 radical (unpaired) electrons. The van der Waals surface area contributed by atoms with Crippen molar-refractivity contribution in [3.63, 3.8) is 0 Å². The van der Waals surface area contributed by atoms with Crippen LogP contribution in [-0.4, -0.2) is 44.3 Å². The van der Waals surface area contributed by atoms with E-state index in [4.69, 9.17) is 23.2 Å². The summed E-state index contributed by atoms with van der Waals surface area (Å²) in [6.45, 7) is 5.38. The van der Waals surface area contributed by atoms with Crippen molar-refractivity contribution in [1.29, 1.82) is 0 Å². The number of unbranched alkanes of at least 4 members (excludes halogenated alkanes) is 1. The third-order valence-corrected chi connectivity index (χ3v) is 8.73. The molecule has 0 bridgehead atoms. The van der Waals surface area contributed by atoms with Crippen molar-refractivity contribution in [3.8, 4) is 0 Å². The Balaban J connectivity index is 2.06. The normalized spacial score (nSPS) is 12.0. The third kappa shape index (κ3) is 8.67. The molecule has 0 saturated carbocycles. The minimum atomic E-state index is -4.26. The molecule has 0 aliphatic carbocycles. The summed E-state index contributed by atoms with van der Waals surface area (Å²) in [5, 5.41) is 3.24. The lowest BCUT2D eigenvalue weighted by atomic mass is 10.1. The molecular weight excluding hydrogens is 588 g/mol. The Morgan fingerprint density at radius 1 is 0.951 bits per heavy atom. The molecular formula is C30H34Cl2FN3O4S. The van der Waals surface area contributed by atoms with Crippen molar-refractivity contribution in [2.24, 2.45) is 0 Å².